The maximum atomic E-state index is 11.5. The predicted octanol–water partition coefficient (Wildman–Crippen LogP) is 0.128. The maximum absolute atomic E-state index is 11.5. The van der Waals surface area contributed by atoms with E-state index in [1.165, 1.54) is 12.8 Å². The van der Waals surface area contributed by atoms with Gasteiger partial charge in [0.25, 0.3) is 0 Å². The second kappa shape index (κ2) is 3.68. The van der Waals surface area contributed by atoms with Crippen molar-refractivity contribution in [2.24, 2.45) is 5.73 Å². The molecule has 2 N–H and O–H groups in total. The third-order valence-electron chi connectivity index (χ3n) is 4.46. The van der Waals surface area contributed by atoms with Crippen LogP contribution in [0.25, 0.3) is 0 Å². The van der Waals surface area contributed by atoms with Crippen LogP contribution in [0.2, 0.25) is 0 Å². The fourth-order valence-corrected chi connectivity index (χ4v) is 5.59. The fourth-order valence-electron chi connectivity index (χ4n) is 3.86. The van der Waals surface area contributed by atoms with E-state index in [0.717, 1.165) is 19.3 Å². The van der Waals surface area contributed by atoms with E-state index in [9.17, 15) is 8.42 Å². The summed E-state index contributed by atoms with van der Waals surface area (Å²) >= 11 is 0. The van der Waals surface area contributed by atoms with E-state index in [0.29, 0.717) is 29.6 Å². The molecule has 3 atom stereocenters. The van der Waals surface area contributed by atoms with Crippen LogP contribution in [0.3, 0.4) is 0 Å². The minimum absolute atomic E-state index is 0.287. The predicted molar refractivity (Wildman–Crippen MR) is 62.9 cm³/mol. The van der Waals surface area contributed by atoms with Gasteiger partial charge >= 0.3 is 0 Å². The lowest BCUT2D eigenvalue weighted by molar-refractivity contribution is 0.0886. The Labute approximate surface area is 97.1 Å². The van der Waals surface area contributed by atoms with Gasteiger partial charge in [-0.2, -0.15) is 0 Å². The van der Waals surface area contributed by atoms with Gasteiger partial charge in [0.1, 0.15) is 0 Å². The molecule has 3 aliphatic rings. The van der Waals surface area contributed by atoms with Crippen molar-refractivity contribution in [3.63, 3.8) is 0 Å². The highest BCUT2D eigenvalue weighted by molar-refractivity contribution is 7.91. The standard InChI is InChI=1S/C11H20N2O2S/c12-8-5-9-1-2-10(6-8)13(9)11-3-4-16(14,15)7-11/h8-11H,1-7,12H2. The van der Waals surface area contributed by atoms with Gasteiger partial charge in [0, 0.05) is 24.2 Å². The molecule has 0 radical (unpaired) electrons. The van der Waals surface area contributed by atoms with Crippen molar-refractivity contribution in [3.05, 3.63) is 0 Å². The average Bonchev–Trinajstić information content (AvgIpc) is 2.65. The summed E-state index contributed by atoms with van der Waals surface area (Å²) in [6.45, 7) is 0. The second-order valence-electron chi connectivity index (χ2n) is 5.62. The Morgan fingerprint density at radius 2 is 1.62 bits per heavy atom. The lowest BCUT2D eigenvalue weighted by atomic mass is 9.96. The Kier molecular flexibility index (Phi) is 2.53. The first-order valence-electron chi connectivity index (χ1n) is 6.28. The summed E-state index contributed by atoms with van der Waals surface area (Å²) in [4.78, 5) is 2.49. The first kappa shape index (κ1) is 11.0. The van der Waals surface area contributed by atoms with Crippen molar-refractivity contribution in [1.82, 2.24) is 4.90 Å². The molecule has 2 bridgehead atoms. The molecule has 92 valence electrons. The van der Waals surface area contributed by atoms with E-state index in [4.69, 9.17) is 5.73 Å². The van der Waals surface area contributed by atoms with Gasteiger partial charge < -0.3 is 5.73 Å². The number of nitrogens with zero attached hydrogens (tertiary/aromatic N) is 1. The molecule has 0 aromatic heterocycles. The monoisotopic (exact) mass is 244 g/mol. The molecule has 4 nitrogen and oxygen atoms in total. The number of hydrogen-bond donors (Lipinski definition) is 1. The van der Waals surface area contributed by atoms with Crippen molar-refractivity contribution in [1.29, 1.82) is 0 Å². The molecule has 5 heteroatoms. The summed E-state index contributed by atoms with van der Waals surface area (Å²) in [5.41, 5.74) is 6.02. The van der Waals surface area contributed by atoms with Crippen molar-refractivity contribution in [2.45, 2.75) is 56.3 Å². The number of fused-ring (bicyclic) bond motifs is 2. The lowest BCUT2D eigenvalue weighted by Crippen LogP contribution is -2.52. The summed E-state index contributed by atoms with van der Waals surface area (Å²) < 4.78 is 23.1. The molecule has 3 rings (SSSR count). The van der Waals surface area contributed by atoms with Gasteiger partial charge in [-0.15, -0.1) is 0 Å². The maximum Gasteiger partial charge on any atom is 0.151 e. The molecule has 3 aliphatic heterocycles. The van der Waals surface area contributed by atoms with E-state index < -0.39 is 9.84 Å². The van der Waals surface area contributed by atoms with Gasteiger partial charge in [-0.05, 0) is 32.1 Å². The lowest BCUT2D eigenvalue weighted by Gasteiger charge is -2.41. The number of hydrogen-bond acceptors (Lipinski definition) is 4. The SMILES string of the molecule is NC1CC2CCC(C1)N2C1CCS(=O)(=O)C1. The van der Waals surface area contributed by atoms with Crippen LogP contribution in [0.1, 0.15) is 32.1 Å². The highest BCUT2D eigenvalue weighted by atomic mass is 32.2. The van der Waals surface area contributed by atoms with Gasteiger partial charge in [0.05, 0.1) is 11.5 Å². The number of piperidine rings is 1. The van der Waals surface area contributed by atoms with Gasteiger partial charge in [-0.3, -0.25) is 4.90 Å². The molecule has 0 saturated carbocycles. The molecule has 3 saturated heterocycles. The van der Waals surface area contributed by atoms with Crippen LogP contribution in [-0.4, -0.2) is 49.0 Å². The summed E-state index contributed by atoms with van der Waals surface area (Å²) in [5, 5.41) is 0. The third-order valence-corrected chi connectivity index (χ3v) is 6.21. The number of rotatable bonds is 1. The molecular weight excluding hydrogens is 224 g/mol. The highest BCUT2D eigenvalue weighted by Crippen LogP contribution is 2.38. The number of sulfone groups is 1. The Morgan fingerprint density at radius 3 is 2.12 bits per heavy atom. The Balaban J connectivity index is 1.77. The first-order chi connectivity index (χ1) is 7.55. The van der Waals surface area contributed by atoms with Gasteiger partial charge in [-0.1, -0.05) is 0 Å². The van der Waals surface area contributed by atoms with Crippen molar-refractivity contribution >= 4 is 9.84 Å². The number of nitrogens with two attached hydrogens (primary N) is 1. The fraction of sp³-hybridized carbons (Fsp3) is 1.00. The third kappa shape index (κ3) is 1.79. The molecule has 0 aromatic rings. The second-order valence-corrected chi connectivity index (χ2v) is 7.85. The van der Waals surface area contributed by atoms with Crippen molar-refractivity contribution < 1.29 is 8.42 Å². The van der Waals surface area contributed by atoms with Crippen LogP contribution in [0.5, 0.6) is 0 Å². The van der Waals surface area contributed by atoms with Crippen molar-refractivity contribution in [2.75, 3.05) is 11.5 Å². The Hall–Kier alpha value is -0.130. The van der Waals surface area contributed by atoms with Crippen LogP contribution < -0.4 is 5.73 Å². The molecule has 0 amide bonds. The van der Waals surface area contributed by atoms with E-state index >= 15 is 0 Å². The molecule has 0 spiro atoms. The largest absolute Gasteiger partial charge is 0.328 e. The Bertz CT molecular complexity index is 367. The summed E-state index contributed by atoms with van der Waals surface area (Å²) in [7, 11) is -2.75. The topological polar surface area (TPSA) is 63.4 Å². The Morgan fingerprint density at radius 1 is 1.00 bits per heavy atom. The minimum Gasteiger partial charge on any atom is -0.328 e. The van der Waals surface area contributed by atoms with Crippen LogP contribution in [0.15, 0.2) is 0 Å². The summed E-state index contributed by atoms with van der Waals surface area (Å²) in [6, 6.07) is 1.75. The molecule has 3 heterocycles. The highest BCUT2D eigenvalue weighted by Gasteiger charge is 2.45. The molecule has 0 aromatic carbocycles. The van der Waals surface area contributed by atoms with Crippen LogP contribution in [0.4, 0.5) is 0 Å². The average molecular weight is 244 g/mol. The van der Waals surface area contributed by atoms with E-state index in [2.05, 4.69) is 4.90 Å². The molecule has 3 fully saturated rings. The molecule has 16 heavy (non-hydrogen) atoms. The zero-order valence-electron chi connectivity index (χ0n) is 9.51. The summed E-state index contributed by atoms with van der Waals surface area (Å²) in [6.07, 6.45) is 5.40. The molecular formula is C11H20N2O2S. The summed E-state index contributed by atoms with van der Waals surface area (Å²) in [5.74, 6) is 0.773. The first-order valence-corrected chi connectivity index (χ1v) is 8.11. The van der Waals surface area contributed by atoms with Gasteiger partial charge in [0.15, 0.2) is 9.84 Å². The minimum atomic E-state index is -2.75. The van der Waals surface area contributed by atoms with Crippen LogP contribution in [-0.2, 0) is 9.84 Å². The van der Waals surface area contributed by atoms with Crippen molar-refractivity contribution in [3.8, 4) is 0 Å². The van der Waals surface area contributed by atoms with E-state index in [-0.39, 0.29) is 6.04 Å². The van der Waals surface area contributed by atoms with Crippen LogP contribution in [0, 0.1) is 0 Å². The normalized spacial score (nSPS) is 47.3. The smallest absolute Gasteiger partial charge is 0.151 e. The van der Waals surface area contributed by atoms with Crippen LogP contribution >= 0.6 is 0 Å². The zero-order chi connectivity index (χ0) is 11.3. The van der Waals surface area contributed by atoms with Gasteiger partial charge in [0.2, 0.25) is 0 Å². The zero-order valence-corrected chi connectivity index (χ0v) is 10.3. The van der Waals surface area contributed by atoms with E-state index in [1.54, 1.807) is 0 Å². The quantitative estimate of drug-likeness (QED) is 0.712. The van der Waals surface area contributed by atoms with E-state index in [1.807, 2.05) is 0 Å². The molecule has 0 aliphatic carbocycles. The molecule has 3 unspecified atom stereocenters. The van der Waals surface area contributed by atoms with Gasteiger partial charge in [-0.25, -0.2) is 8.42 Å².